The molecule has 0 amide bonds. The molecule has 0 rings (SSSR count). The Balaban J connectivity index is 4.16. The fourth-order valence-corrected chi connectivity index (χ4v) is 0.254. The van der Waals surface area contributed by atoms with E-state index in [0.717, 1.165) is 0 Å². The second-order valence-corrected chi connectivity index (χ2v) is 1.59. The molecule has 0 aromatic rings. The van der Waals surface area contributed by atoms with E-state index in [0.29, 0.717) is 11.5 Å². The highest BCUT2D eigenvalue weighted by Crippen LogP contribution is 1.84. The Morgan fingerprint density at radius 3 is 2.20 bits per heavy atom. The lowest BCUT2D eigenvalue weighted by molar-refractivity contribution is 1.36. The molecule has 3 nitrogen and oxygen atoms in total. The van der Waals surface area contributed by atoms with Gasteiger partial charge in [-0.15, -0.1) is 0 Å². The maximum absolute atomic E-state index is 5.32. The Bertz CT molecular complexity index is 167. The van der Waals surface area contributed by atoms with Gasteiger partial charge in [-0.1, -0.05) is 13.2 Å². The largest absolute Gasteiger partial charge is 0.397 e. The number of allylic oxidation sites excluding steroid dienone is 1. The van der Waals surface area contributed by atoms with Crippen LogP contribution in [0.15, 0.2) is 42.2 Å². The van der Waals surface area contributed by atoms with Gasteiger partial charge in [0.2, 0.25) is 0 Å². The lowest BCUT2D eigenvalue weighted by atomic mass is 10.5. The molecule has 0 unspecified atom stereocenters. The Morgan fingerprint density at radius 1 is 1.20 bits per heavy atom. The maximum atomic E-state index is 5.32. The van der Waals surface area contributed by atoms with E-state index in [-0.39, 0.29) is 0 Å². The van der Waals surface area contributed by atoms with E-state index in [4.69, 9.17) is 11.5 Å². The zero-order valence-corrected chi connectivity index (χ0v) is 5.75. The van der Waals surface area contributed by atoms with Crippen molar-refractivity contribution in [2.24, 2.45) is 16.5 Å². The van der Waals surface area contributed by atoms with Gasteiger partial charge in [0.15, 0.2) is 0 Å². The second kappa shape index (κ2) is 4.38. The summed E-state index contributed by atoms with van der Waals surface area (Å²) < 4.78 is 0. The van der Waals surface area contributed by atoms with Gasteiger partial charge in [0, 0.05) is 5.70 Å². The van der Waals surface area contributed by atoms with Crippen molar-refractivity contribution in [1.29, 1.82) is 0 Å². The number of aliphatic imine (C=N–C) groups is 1. The molecular formula is C7H11N3. The molecule has 0 aliphatic carbocycles. The molecular weight excluding hydrogens is 126 g/mol. The van der Waals surface area contributed by atoms with Crippen molar-refractivity contribution in [2.75, 3.05) is 0 Å². The number of hydrogen-bond donors (Lipinski definition) is 2. The van der Waals surface area contributed by atoms with Crippen LogP contribution < -0.4 is 11.5 Å². The van der Waals surface area contributed by atoms with Crippen LogP contribution in [0.5, 0.6) is 0 Å². The molecule has 0 bridgehead atoms. The monoisotopic (exact) mass is 137 g/mol. The third-order valence-corrected chi connectivity index (χ3v) is 0.808. The van der Waals surface area contributed by atoms with Crippen LogP contribution in [0.4, 0.5) is 0 Å². The molecule has 0 saturated carbocycles. The molecule has 0 radical (unpaired) electrons. The van der Waals surface area contributed by atoms with Gasteiger partial charge in [-0.3, -0.25) is 0 Å². The van der Waals surface area contributed by atoms with Crippen molar-refractivity contribution in [3.05, 3.63) is 37.2 Å². The standard InChI is InChI=1S/C7H11N3/c1-3-6(8)5-10-7(9)4-2/h3-5H,1-2,8H2,(H2,9,10)/b6-5+. The van der Waals surface area contributed by atoms with Crippen molar-refractivity contribution in [3.8, 4) is 0 Å². The van der Waals surface area contributed by atoms with E-state index in [1.807, 2.05) is 0 Å². The number of nitrogens with zero attached hydrogens (tertiary/aromatic N) is 1. The van der Waals surface area contributed by atoms with Crippen LogP contribution in [0.25, 0.3) is 0 Å². The molecule has 54 valence electrons. The van der Waals surface area contributed by atoms with E-state index in [9.17, 15) is 0 Å². The number of nitrogens with two attached hydrogens (primary N) is 2. The highest BCUT2D eigenvalue weighted by Gasteiger charge is 1.78. The first-order valence-corrected chi connectivity index (χ1v) is 2.74. The normalized spacial score (nSPS) is 12.8. The van der Waals surface area contributed by atoms with Gasteiger partial charge in [0.1, 0.15) is 5.84 Å². The van der Waals surface area contributed by atoms with E-state index < -0.39 is 0 Å². The molecule has 0 heterocycles. The van der Waals surface area contributed by atoms with Gasteiger partial charge >= 0.3 is 0 Å². The summed E-state index contributed by atoms with van der Waals surface area (Å²) >= 11 is 0. The van der Waals surface area contributed by atoms with Gasteiger partial charge in [-0.2, -0.15) is 0 Å². The number of hydrogen-bond acceptors (Lipinski definition) is 2. The molecule has 3 heteroatoms. The van der Waals surface area contributed by atoms with Crippen LogP contribution >= 0.6 is 0 Å². The summed E-state index contributed by atoms with van der Waals surface area (Å²) in [6.07, 6.45) is 4.34. The highest BCUT2D eigenvalue weighted by atomic mass is 14.8. The zero-order valence-electron chi connectivity index (χ0n) is 5.75. The minimum absolute atomic E-state index is 0.338. The molecule has 4 N–H and O–H groups in total. The summed E-state index contributed by atoms with van der Waals surface area (Å²) in [5, 5.41) is 0. The molecule has 0 fully saturated rings. The summed E-state index contributed by atoms with van der Waals surface area (Å²) in [5.74, 6) is 0.338. The van der Waals surface area contributed by atoms with Gasteiger partial charge in [-0.25, -0.2) is 4.99 Å². The van der Waals surface area contributed by atoms with Crippen molar-refractivity contribution in [3.63, 3.8) is 0 Å². The molecule has 0 aliphatic heterocycles. The Morgan fingerprint density at radius 2 is 1.80 bits per heavy atom. The van der Waals surface area contributed by atoms with Crippen LogP contribution in [0.1, 0.15) is 0 Å². The van der Waals surface area contributed by atoms with E-state index in [1.54, 1.807) is 0 Å². The first-order valence-electron chi connectivity index (χ1n) is 2.74. The van der Waals surface area contributed by atoms with E-state index in [2.05, 4.69) is 18.2 Å². The van der Waals surface area contributed by atoms with Gasteiger partial charge < -0.3 is 11.5 Å². The third kappa shape index (κ3) is 3.49. The Kier molecular flexibility index (Phi) is 3.72. The number of rotatable bonds is 3. The second-order valence-electron chi connectivity index (χ2n) is 1.59. The minimum atomic E-state index is 0.338. The summed E-state index contributed by atoms with van der Waals surface area (Å²) in [6, 6.07) is 0. The Labute approximate surface area is 60.4 Å². The smallest absolute Gasteiger partial charge is 0.122 e. The van der Waals surface area contributed by atoms with Crippen LogP contribution in [-0.2, 0) is 0 Å². The molecule has 0 spiro atoms. The Hall–Kier alpha value is -1.51. The number of amidine groups is 1. The molecule has 0 atom stereocenters. The van der Waals surface area contributed by atoms with Crippen LogP contribution in [0.2, 0.25) is 0 Å². The quantitative estimate of drug-likeness (QED) is 0.338. The van der Waals surface area contributed by atoms with Crippen LogP contribution in [-0.4, -0.2) is 5.84 Å². The van der Waals surface area contributed by atoms with Crippen molar-refractivity contribution < 1.29 is 0 Å². The summed E-state index contributed by atoms with van der Waals surface area (Å²) in [6.45, 7) is 6.85. The van der Waals surface area contributed by atoms with E-state index in [1.165, 1.54) is 18.4 Å². The molecule has 0 saturated heterocycles. The summed E-state index contributed by atoms with van der Waals surface area (Å²) in [4.78, 5) is 3.73. The van der Waals surface area contributed by atoms with Crippen LogP contribution in [0, 0.1) is 0 Å². The first kappa shape index (κ1) is 8.49. The highest BCUT2D eigenvalue weighted by molar-refractivity contribution is 5.91. The summed E-state index contributed by atoms with van der Waals surface area (Å²) in [5.41, 5.74) is 11.1. The van der Waals surface area contributed by atoms with E-state index >= 15 is 0 Å². The van der Waals surface area contributed by atoms with Crippen molar-refractivity contribution in [1.82, 2.24) is 0 Å². The maximum Gasteiger partial charge on any atom is 0.122 e. The van der Waals surface area contributed by atoms with Gasteiger partial charge in [0.25, 0.3) is 0 Å². The molecule has 0 aliphatic rings. The minimum Gasteiger partial charge on any atom is -0.397 e. The van der Waals surface area contributed by atoms with Crippen LogP contribution in [0.3, 0.4) is 0 Å². The lowest BCUT2D eigenvalue weighted by Gasteiger charge is -1.87. The van der Waals surface area contributed by atoms with Crippen molar-refractivity contribution in [2.45, 2.75) is 0 Å². The topological polar surface area (TPSA) is 64.4 Å². The molecule has 10 heavy (non-hydrogen) atoms. The zero-order chi connectivity index (χ0) is 7.98. The van der Waals surface area contributed by atoms with Crippen molar-refractivity contribution >= 4 is 5.84 Å². The summed E-state index contributed by atoms with van der Waals surface area (Å²) in [7, 11) is 0. The molecule has 0 aromatic heterocycles. The first-order chi connectivity index (χ1) is 4.70. The predicted molar refractivity (Wildman–Crippen MR) is 44.3 cm³/mol. The average Bonchev–Trinajstić information content (AvgIpc) is 1.99. The molecule has 0 aromatic carbocycles. The lowest BCUT2D eigenvalue weighted by Crippen LogP contribution is -2.06. The predicted octanol–water partition coefficient (Wildman–Crippen LogP) is 0.516. The SMILES string of the molecule is C=CC(N)=N/C=C(/N)C=C. The fraction of sp³-hybridized carbons (Fsp3) is 0. The van der Waals surface area contributed by atoms with Gasteiger partial charge in [-0.05, 0) is 12.2 Å². The van der Waals surface area contributed by atoms with Gasteiger partial charge in [0.05, 0.1) is 6.20 Å². The third-order valence-electron chi connectivity index (χ3n) is 0.808. The average molecular weight is 137 g/mol. The fourth-order valence-electron chi connectivity index (χ4n) is 0.254.